The number of para-hydroxylation sites is 2. The molecule has 3 heteroatoms. The van der Waals surface area contributed by atoms with Crippen molar-refractivity contribution in [2.45, 2.75) is 0 Å². The van der Waals surface area contributed by atoms with Crippen LogP contribution in [0, 0.1) is 3.57 Å². The minimum Gasteiger partial charge on any atom is -0.308 e. The number of rotatable bonds is 1. The van der Waals surface area contributed by atoms with Gasteiger partial charge in [-0.25, -0.2) is 0 Å². The lowest BCUT2D eigenvalue weighted by atomic mass is 10.0. The van der Waals surface area contributed by atoms with Crippen LogP contribution >= 0.6 is 38.5 Å². The molecule has 4 aromatic carbocycles. The summed E-state index contributed by atoms with van der Waals surface area (Å²) in [5.41, 5.74) is 3.72. The molecule has 25 heavy (non-hydrogen) atoms. The van der Waals surface area contributed by atoms with Gasteiger partial charge >= 0.3 is 0 Å². The average molecular weight is 498 g/mol. The molecule has 1 heterocycles. The normalized spacial score (nSPS) is 11.6. The summed E-state index contributed by atoms with van der Waals surface area (Å²) in [5, 5.41) is 5.17. The van der Waals surface area contributed by atoms with Crippen LogP contribution in [0.3, 0.4) is 0 Å². The molecule has 0 amide bonds. The van der Waals surface area contributed by atoms with Gasteiger partial charge < -0.3 is 4.57 Å². The van der Waals surface area contributed by atoms with E-state index in [1.54, 1.807) is 0 Å². The van der Waals surface area contributed by atoms with E-state index in [2.05, 4.69) is 122 Å². The maximum atomic E-state index is 3.59. The number of fused-ring (bicyclic) bond motifs is 5. The summed E-state index contributed by atoms with van der Waals surface area (Å²) in [7, 11) is 0. The van der Waals surface area contributed by atoms with Gasteiger partial charge in [-0.3, -0.25) is 0 Å². The molecule has 5 rings (SSSR count). The smallest absolute Gasteiger partial charge is 0.0595 e. The fourth-order valence-electron chi connectivity index (χ4n) is 3.66. The van der Waals surface area contributed by atoms with Crippen LogP contribution in [0.2, 0.25) is 0 Å². The van der Waals surface area contributed by atoms with E-state index in [0.717, 1.165) is 4.47 Å². The summed E-state index contributed by atoms with van der Waals surface area (Å²) in [5.74, 6) is 0. The Hall–Kier alpha value is -1.85. The first-order chi connectivity index (χ1) is 12.2. The highest BCUT2D eigenvalue weighted by Gasteiger charge is 2.15. The Labute approximate surface area is 167 Å². The van der Waals surface area contributed by atoms with E-state index in [1.165, 1.54) is 41.8 Å². The molecule has 1 nitrogen and oxygen atoms in total. The lowest BCUT2D eigenvalue weighted by Crippen LogP contribution is -1.96. The highest BCUT2D eigenvalue weighted by molar-refractivity contribution is 14.1. The SMILES string of the molecule is Brc1ccc2c(ccc3c2c2ccccc2n3-c2ccccc2I)c1. The molecule has 120 valence electrons. The van der Waals surface area contributed by atoms with E-state index < -0.39 is 0 Å². The predicted molar refractivity (Wildman–Crippen MR) is 119 cm³/mol. The molecule has 0 fully saturated rings. The maximum Gasteiger partial charge on any atom is 0.0595 e. The molecule has 0 spiro atoms. The first-order valence-electron chi connectivity index (χ1n) is 8.10. The number of hydrogen-bond acceptors (Lipinski definition) is 0. The summed E-state index contributed by atoms with van der Waals surface area (Å²) in [4.78, 5) is 0. The zero-order valence-electron chi connectivity index (χ0n) is 13.2. The van der Waals surface area contributed by atoms with Crippen LogP contribution in [0.1, 0.15) is 0 Å². The number of halogens is 2. The molecule has 0 saturated heterocycles. The monoisotopic (exact) mass is 497 g/mol. The van der Waals surface area contributed by atoms with Crippen LogP contribution in [0.15, 0.2) is 83.3 Å². The summed E-state index contributed by atoms with van der Waals surface area (Å²) in [6.07, 6.45) is 0. The lowest BCUT2D eigenvalue weighted by Gasteiger charge is -2.10. The van der Waals surface area contributed by atoms with Gasteiger partial charge in [-0.05, 0) is 69.8 Å². The first kappa shape index (κ1) is 15.4. The molecule has 0 aliphatic carbocycles. The zero-order chi connectivity index (χ0) is 17.0. The van der Waals surface area contributed by atoms with Crippen LogP contribution < -0.4 is 0 Å². The second-order valence-corrected chi connectivity index (χ2v) is 8.21. The van der Waals surface area contributed by atoms with Gasteiger partial charge in [0.2, 0.25) is 0 Å². The molecular formula is C22H13BrIN. The van der Waals surface area contributed by atoms with E-state index >= 15 is 0 Å². The third-order valence-corrected chi connectivity index (χ3v) is 6.11. The molecule has 0 unspecified atom stereocenters. The number of benzene rings is 4. The molecule has 0 aliphatic heterocycles. The van der Waals surface area contributed by atoms with Crippen molar-refractivity contribution in [2.75, 3.05) is 0 Å². The van der Waals surface area contributed by atoms with Crippen LogP contribution in [-0.4, -0.2) is 4.57 Å². The minimum absolute atomic E-state index is 1.11. The van der Waals surface area contributed by atoms with Crippen molar-refractivity contribution in [3.05, 3.63) is 86.9 Å². The molecular weight excluding hydrogens is 485 g/mol. The van der Waals surface area contributed by atoms with Gasteiger partial charge in [0.1, 0.15) is 0 Å². The van der Waals surface area contributed by atoms with Gasteiger partial charge in [0.25, 0.3) is 0 Å². The van der Waals surface area contributed by atoms with E-state index in [0.29, 0.717) is 0 Å². The molecule has 0 saturated carbocycles. The second kappa shape index (κ2) is 5.85. The molecule has 1 aromatic heterocycles. The molecule has 0 aliphatic rings. The third-order valence-electron chi connectivity index (χ3n) is 4.71. The quantitative estimate of drug-likeness (QED) is 0.214. The van der Waals surface area contributed by atoms with E-state index in [9.17, 15) is 0 Å². The van der Waals surface area contributed by atoms with Crippen molar-refractivity contribution in [3.63, 3.8) is 0 Å². The number of aromatic nitrogens is 1. The summed E-state index contributed by atoms with van der Waals surface area (Å²) >= 11 is 6.01. The Kier molecular flexibility index (Phi) is 3.61. The zero-order valence-corrected chi connectivity index (χ0v) is 17.0. The molecule has 0 atom stereocenters. The molecule has 5 aromatic rings. The minimum atomic E-state index is 1.11. The largest absolute Gasteiger partial charge is 0.308 e. The van der Waals surface area contributed by atoms with Crippen molar-refractivity contribution in [3.8, 4) is 5.69 Å². The van der Waals surface area contributed by atoms with E-state index in [1.807, 2.05) is 0 Å². The van der Waals surface area contributed by atoms with E-state index in [-0.39, 0.29) is 0 Å². The summed E-state index contributed by atoms with van der Waals surface area (Å²) in [6.45, 7) is 0. The average Bonchev–Trinajstić information content (AvgIpc) is 2.96. The van der Waals surface area contributed by atoms with Crippen molar-refractivity contribution in [2.24, 2.45) is 0 Å². The van der Waals surface area contributed by atoms with Crippen molar-refractivity contribution >= 4 is 71.1 Å². The van der Waals surface area contributed by atoms with Crippen LogP contribution in [0.4, 0.5) is 0 Å². The predicted octanol–water partition coefficient (Wildman–Crippen LogP) is 7.30. The van der Waals surface area contributed by atoms with E-state index in [4.69, 9.17) is 0 Å². The highest BCUT2D eigenvalue weighted by Crippen LogP contribution is 2.38. The summed E-state index contributed by atoms with van der Waals surface area (Å²) in [6, 6.07) is 28.2. The Balaban J connectivity index is 2.05. The summed E-state index contributed by atoms with van der Waals surface area (Å²) < 4.78 is 4.74. The van der Waals surface area contributed by atoms with Gasteiger partial charge in [-0.1, -0.05) is 58.4 Å². The Morgan fingerprint density at radius 2 is 1.52 bits per heavy atom. The molecule has 0 N–H and O–H groups in total. The van der Waals surface area contributed by atoms with Crippen LogP contribution in [0.25, 0.3) is 38.3 Å². The Bertz CT molecular complexity index is 1270. The topological polar surface area (TPSA) is 4.93 Å². The molecule has 0 bridgehead atoms. The Morgan fingerprint density at radius 3 is 2.40 bits per heavy atom. The van der Waals surface area contributed by atoms with Gasteiger partial charge in [-0.2, -0.15) is 0 Å². The first-order valence-corrected chi connectivity index (χ1v) is 9.97. The van der Waals surface area contributed by atoms with Crippen LogP contribution in [-0.2, 0) is 0 Å². The lowest BCUT2D eigenvalue weighted by molar-refractivity contribution is 1.17. The second-order valence-electron chi connectivity index (χ2n) is 6.13. The van der Waals surface area contributed by atoms with Crippen molar-refractivity contribution < 1.29 is 0 Å². The van der Waals surface area contributed by atoms with Crippen molar-refractivity contribution in [1.29, 1.82) is 0 Å². The van der Waals surface area contributed by atoms with Crippen molar-refractivity contribution in [1.82, 2.24) is 4.57 Å². The Morgan fingerprint density at radius 1 is 0.720 bits per heavy atom. The van der Waals surface area contributed by atoms with Gasteiger partial charge in [-0.15, -0.1) is 0 Å². The number of nitrogens with zero attached hydrogens (tertiary/aromatic N) is 1. The number of hydrogen-bond donors (Lipinski definition) is 0. The van der Waals surface area contributed by atoms with Gasteiger partial charge in [0, 0.05) is 18.8 Å². The molecule has 0 radical (unpaired) electrons. The maximum absolute atomic E-state index is 3.59. The highest BCUT2D eigenvalue weighted by atomic mass is 127. The van der Waals surface area contributed by atoms with Gasteiger partial charge in [0.15, 0.2) is 0 Å². The van der Waals surface area contributed by atoms with Gasteiger partial charge in [0.05, 0.1) is 16.7 Å². The third kappa shape index (κ3) is 2.33. The standard InChI is InChI=1S/C22H13BrIN/c23-15-10-11-16-14(13-15)9-12-21-22(16)17-5-1-3-7-19(17)25(21)20-8-4-2-6-18(20)24/h1-13H. The van der Waals surface area contributed by atoms with Crippen LogP contribution in [0.5, 0.6) is 0 Å². The fourth-order valence-corrected chi connectivity index (χ4v) is 4.67. The fraction of sp³-hybridized carbons (Fsp3) is 0.